The molecule has 0 aromatic heterocycles. The van der Waals surface area contributed by atoms with Gasteiger partial charge in [0.05, 0.1) is 52.1 Å². The lowest BCUT2D eigenvalue weighted by Gasteiger charge is -2.30. The number of nitriles is 1. The highest BCUT2D eigenvalue weighted by Gasteiger charge is 2.43. The summed E-state index contributed by atoms with van der Waals surface area (Å²) in [6, 6.07) is 21.2. The summed E-state index contributed by atoms with van der Waals surface area (Å²) >= 11 is 0. The monoisotopic (exact) mass is 1650 g/mol. The number of carbonyl (C=O) groups excluding carboxylic acids is 6. The van der Waals surface area contributed by atoms with E-state index in [0.29, 0.717) is 37.8 Å². The Labute approximate surface area is 702 Å². The Balaban J connectivity index is -0.000000192. The SMILES string of the molecule is CCCC(C)(C)C(C(=O)OCC)C(=O)OCC.CCCC(C)(C)CC(=O)N(C)OC.CCCC(C)(C)CC(=O)O.CCCC(C)(C)CC(C#N)NCc1ccccc1.CCCC(C)(C)CC(N)C(=O)O.CCCC(C)(C)CC(NCc1ccccc1)C(=O)O.CCCC(C)(C)CC=O.CCOC(=O)C(C(=O)OCC)=C(C)C.N.O=CO. The number of nitrogens with two attached hydrogens (primary N) is 1. The van der Waals surface area contributed by atoms with Crippen molar-refractivity contribution in [1.82, 2.24) is 21.8 Å². The van der Waals surface area contributed by atoms with Gasteiger partial charge in [-0.2, -0.15) is 5.26 Å². The minimum Gasteiger partial charge on any atom is -0.483 e. The average molecular weight is 1650 g/mol. The zero-order valence-corrected chi connectivity index (χ0v) is 77.7. The molecule has 116 heavy (non-hydrogen) atoms. The highest BCUT2D eigenvalue weighted by atomic mass is 16.7. The molecule has 0 heterocycles. The molecule has 3 unspecified atom stereocenters. The van der Waals surface area contributed by atoms with E-state index in [1.165, 1.54) is 30.6 Å². The van der Waals surface area contributed by atoms with Crippen LogP contribution in [0.4, 0.5) is 0 Å². The highest BCUT2D eigenvalue weighted by molar-refractivity contribution is 6.14. The molecule has 1 amide bonds. The number of hydroxylamine groups is 2. The number of hydrogen-bond donors (Lipinski definition) is 8. The van der Waals surface area contributed by atoms with Crippen LogP contribution < -0.4 is 22.5 Å². The molecular formula is C91H166N6O19. The van der Waals surface area contributed by atoms with Gasteiger partial charge < -0.3 is 61.4 Å². The van der Waals surface area contributed by atoms with Crippen LogP contribution in [0.25, 0.3) is 0 Å². The summed E-state index contributed by atoms with van der Waals surface area (Å²) in [4.78, 5) is 113. The number of amides is 1. The summed E-state index contributed by atoms with van der Waals surface area (Å²) in [6.45, 7) is 56.2. The van der Waals surface area contributed by atoms with Crippen LogP contribution in [0.3, 0.4) is 0 Å². The summed E-state index contributed by atoms with van der Waals surface area (Å²) in [7, 11) is 3.15. The fraction of sp³-hybridized carbons (Fsp3) is 0.725. The molecule has 0 aliphatic rings. The summed E-state index contributed by atoms with van der Waals surface area (Å²) in [5.74, 6) is -5.35. The van der Waals surface area contributed by atoms with Crippen LogP contribution >= 0.6 is 0 Å². The van der Waals surface area contributed by atoms with Crippen LogP contribution in [-0.2, 0) is 84.8 Å². The second kappa shape index (κ2) is 70.4. The molecule has 25 nitrogen and oxygen atoms in total. The molecular weight excluding hydrogens is 1480 g/mol. The number of allylic oxidation sites excluding steroid dienone is 1. The number of carbonyl (C=O) groups is 10. The second-order valence-corrected chi connectivity index (χ2v) is 34.1. The molecule has 2 aromatic rings. The van der Waals surface area contributed by atoms with Gasteiger partial charge in [0.2, 0.25) is 5.91 Å². The predicted molar refractivity (Wildman–Crippen MR) is 467 cm³/mol. The fourth-order valence-corrected chi connectivity index (χ4v) is 12.6. The first kappa shape index (κ1) is 124. The van der Waals surface area contributed by atoms with Crippen LogP contribution in [0.1, 0.15) is 326 Å². The zero-order valence-electron chi connectivity index (χ0n) is 77.7. The number of hydrogen-bond acceptors (Lipinski definition) is 20. The lowest BCUT2D eigenvalue weighted by Crippen LogP contribution is -2.39. The van der Waals surface area contributed by atoms with Crippen LogP contribution in [-0.4, -0.2) is 145 Å². The molecule has 0 fully saturated rings. The normalized spacial score (nSPS) is 11.7. The van der Waals surface area contributed by atoms with E-state index in [4.69, 9.17) is 49.6 Å². The van der Waals surface area contributed by atoms with Crippen molar-refractivity contribution in [2.24, 2.45) is 49.6 Å². The van der Waals surface area contributed by atoms with E-state index in [1.54, 1.807) is 48.6 Å². The first-order valence-electron chi connectivity index (χ1n) is 41.3. The minimum atomic E-state index is -0.904. The number of benzene rings is 2. The molecule has 3 atom stereocenters. The van der Waals surface area contributed by atoms with E-state index in [-0.39, 0.29) is 95.5 Å². The Bertz CT molecular complexity index is 2960. The van der Waals surface area contributed by atoms with Crippen molar-refractivity contribution in [3.05, 3.63) is 82.9 Å². The topological polar surface area (TPSA) is 410 Å². The predicted octanol–water partition coefficient (Wildman–Crippen LogP) is 19.7. The Morgan fingerprint density at radius 1 is 0.500 bits per heavy atom. The van der Waals surface area contributed by atoms with E-state index in [9.17, 15) is 53.5 Å². The third kappa shape index (κ3) is 70.6. The Hall–Kier alpha value is -7.63. The van der Waals surface area contributed by atoms with Gasteiger partial charge in [0.25, 0.3) is 6.47 Å². The third-order valence-electron chi connectivity index (χ3n) is 18.1. The molecule has 0 saturated carbocycles. The number of ether oxygens (including phenoxy) is 4. The third-order valence-corrected chi connectivity index (χ3v) is 18.1. The molecule has 0 aliphatic carbocycles. The Morgan fingerprint density at radius 3 is 1.15 bits per heavy atom. The minimum absolute atomic E-state index is 0. The van der Waals surface area contributed by atoms with Crippen LogP contribution in [0.5, 0.6) is 0 Å². The maximum absolute atomic E-state index is 11.9. The van der Waals surface area contributed by atoms with Gasteiger partial charge in [0.1, 0.15) is 23.9 Å². The van der Waals surface area contributed by atoms with Crippen molar-refractivity contribution >= 4 is 60.5 Å². The molecule has 674 valence electrons. The van der Waals surface area contributed by atoms with Crippen molar-refractivity contribution in [3.8, 4) is 6.07 Å². The molecule has 2 rings (SSSR count). The Morgan fingerprint density at radius 2 is 0.836 bits per heavy atom. The molecule has 0 bridgehead atoms. The van der Waals surface area contributed by atoms with Crippen molar-refractivity contribution in [3.63, 3.8) is 0 Å². The number of aldehydes is 1. The van der Waals surface area contributed by atoms with E-state index in [2.05, 4.69) is 140 Å². The Kier molecular flexibility index (Phi) is 75.3. The van der Waals surface area contributed by atoms with Gasteiger partial charge in [-0.05, 0) is 155 Å². The number of carboxylic acids is 3. The quantitative estimate of drug-likeness (QED) is 0.00581. The van der Waals surface area contributed by atoms with Gasteiger partial charge in [0.15, 0.2) is 5.92 Å². The van der Waals surface area contributed by atoms with Crippen molar-refractivity contribution < 1.29 is 92.2 Å². The van der Waals surface area contributed by atoms with Gasteiger partial charge >= 0.3 is 41.8 Å². The second-order valence-electron chi connectivity index (χ2n) is 34.1. The average Bonchev–Trinajstić information content (AvgIpc) is 0.823. The summed E-state index contributed by atoms with van der Waals surface area (Å²) in [5.41, 5.74) is 8.56. The molecule has 2 aromatic carbocycles. The highest BCUT2D eigenvalue weighted by Crippen LogP contribution is 2.35. The molecule has 0 radical (unpaired) electrons. The van der Waals surface area contributed by atoms with E-state index < -0.39 is 65.2 Å². The van der Waals surface area contributed by atoms with Gasteiger partial charge in [-0.1, -0.05) is 257 Å². The molecule has 0 aliphatic heterocycles. The zero-order chi connectivity index (χ0) is 90.8. The van der Waals surface area contributed by atoms with Gasteiger partial charge in [-0.25, -0.2) is 14.7 Å². The lowest BCUT2D eigenvalue weighted by atomic mass is 9.75. The van der Waals surface area contributed by atoms with Gasteiger partial charge in [-0.3, -0.25) is 43.7 Å². The van der Waals surface area contributed by atoms with Crippen molar-refractivity contribution in [2.75, 3.05) is 40.6 Å². The molecule has 0 saturated heterocycles. The number of aliphatic carboxylic acids is 3. The lowest BCUT2D eigenvalue weighted by molar-refractivity contribution is -0.171. The molecule has 25 heteroatoms. The van der Waals surface area contributed by atoms with E-state index in [1.807, 2.05) is 83.1 Å². The van der Waals surface area contributed by atoms with Gasteiger partial charge in [0, 0.05) is 33.0 Å². The van der Waals surface area contributed by atoms with Gasteiger partial charge in [-0.15, -0.1) is 0 Å². The first-order chi connectivity index (χ1) is 53.3. The smallest absolute Gasteiger partial charge is 0.345 e. The van der Waals surface area contributed by atoms with Crippen molar-refractivity contribution in [1.29, 1.82) is 5.26 Å². The maximum atomic E-state index is 11.9. The fourth-order valence-electron chi connectivity index (χ4n) is 12.6. The number of rotatable bonds is 44. The largest absolute Gasteiger partial charge is 0.483 e. The summed E-state index contributed by atoms with van der Waals surface area (Å²) in [5, 5.41) is 50.3. The number of carboxylic acid groups (broad SMARTS) is 4. The van der Waals surface area contributed by atoms with E-state index >= 15 is 0 Å². The number of nitrogens with zero attached hydrogens (tertiary/aromatic N) is 2. The van der Waals surface area contributed by atoms with Crippen molar-refractivity contribution in [2.45, 2.75) is 347 Å². The van der Waals surface area contributed by atoms with E-state index in [0.717, 1.165) is 102 Å². The summed E-state index contributed by atoms with van der Waals surface area (Å²) < 4.78 is 19.4. The molecule has 0 spiro atoms. The first-order valence-corrected chi connectivity index (χ1v) is 41.3. The number of esters is 4. The molecule has 11 N–H and O–H groups in total. The van der Waals surface area contributed by atoms with Crippen LogP contribution in [0.15, 0.2) is 71.8 Å². The number of nitrogens with one attached hydrogen (secondary N) is 2. The standard InChI is InChI=1S/C16H24N2.C16H25NO2.C13H24O4.C10H21NO2.C10H16O4.C9H19NO2.C8H16O2.C8H16O.CH2O2.H3N/c1-4-10-16(2,3)11-15(12-17)18-13-14-8-6-5-7-9-14;1-4-10-16(2,3)11-14(15(18)19)17-12-13-8-6-5-7-9-13;1-6-9-13(4,5)10(11(14)16-7-2)12(15)17-8-3;1-6-7-10(2,3)8-9(12)11(4)13-5;1-5-13-9(11)8(7(3)4)10(12)14-6-2;1-4-5-9(2,3)6-7(10)8(11)12;1-4-5-8(2,3)6-7(9)10;1-4-5-8(2,3)6-7-9;2-1-3;/h5-9,15,18H,4,10-11,13H2,1-3H3;5-9,14,17H,4,10-12H2,1-3H3,(H,18,19);10H,6-9H2,1-5H3;6-8H2,1-5H3;5-6H2,1-4H3;7H,4-6,10H2,1-3H3,(H,11,12);4-6H2,1-3H3,(H,9,10);7H,4-6H2,1-3H3;1H,(H,2,3);1H3. The summed E-state index contributed by atoms with van der Waals surface area (Å²) in [6.07, 6.45) is 19.4. The van der Waals surface area contributed by atoms with Crippen LogP contribution in [0.2, 0.25) is 0 Å². The van der Waals surface area contributed by atoms with Crippen LogP contribution in [0, 0.1) is 55.2 Å². The maximum Gasteiger partial charge on any atom is 0.345 e.